The number of nitrogens with zero attached hydrogens (tertiary/aromatic N) is 2. The van der Waals surface area contributed by atoms with Crippen molar-refractivity contribution in [3.8, 4) is 17.2 Å². The van der Waals surface area contributed by atoms with Crippen LogP contribution in [0.2, 0.25) is 0 Å². The number of piperidine rings is 1. The average molecular weight is 407 g/mol. The van der Waals surface area contributed by atoms with E-state index < -0.39 is 0 Å². The van der Waals surface area contributed by atoms with Crippen molar-refractivity contribution in [1.29, 1.82) is 0 Å². The van der Waals surface area contributed by atoms with Crippen molar-refractivity contribution >= 4 is 5.96 Å². The fraction of sp³-hybridized carbons (Fsp3) is 0.682. The quantitative estimate of drug-likeness (QED) is 0.460. The molecule has 0 radical (unpaired) electrons. The van der Waals surface area contributed by atoms with Crippen LogP contribution in [0.3, 0.4) is 0 Å². The average Bonchev–Trinajstić information content (AvgIpc) is 2.77. The van der Waals surface area contributed by atoms with E-state index in [0.717, 1.165) is 43.6 Å². The predicted molar refractivity (Wildman–Crippen MR) is 119 cm³/mol. The van der Waals surface area contributed by atoms with Gasteiger partial charge in [0.15, 0.2) is 17.5 Å². The second-order valence-electron chi connectivity index (χ2n) is 7.26. The lowest BCUT2D eigenvalue weighted by Gasteiger charge is -2.35. The Hall–Kier alpha value is -2.15. The third-order valence-corrected chi connectivity index (χ3v) is 5.61. The van der Waals surface area contributed by atoms with Gasteiger partial charge in [-0.15, -0.1) is 0 Å². The summed E-state index contributed by atoms with van der Waals surface area (Å²) in [6, 6.07) is 4.66. The fourth-order valence-corrected chi connectivity index (χ4v) is 4.03. The monoisotopic (exact) mass is 406 g/mol. The number of aliphatic imine (C=N–C) groups is 1. The Balaban J connectivity index is 1.82. The van der Waals surface area contributed by atoms with E-state index in [9.17, 15) is 0 Å². The molecule has 2 rings (SSSR count). The standard InChI is InChI=1S/C22H38N4O3/c1-6-18-9-7-8-15-26(18)16-14-25-22(23-2)24-13-12-17-10-11-19(27-3)21(29-5)20(17)28-4/h10-11,18H,6-9,12-16H2,1-5H3,(H2,23,24,25). The summed E-state index contributed by atoms with van der Waals surface area (Å²) in [6.45, 7) is 6.20. The van der Waals surface area contributed by atoms with Gasteiger partial charge in [-0.05, 0) is 38.3 Å². The Morgan fingerprint density at radius 3 is 2.48 bits per heavy atom. The maximum absolute atomic E-state index is 5.56. The molecule has 1 fully saturated rings. The van der Waals surface area contributed by atoms with Gasteiger partial charge in [-0.3, -0.25) is 9.89 Å². The molecule has 0 aliphatic carbocycles. The molecular weight excluding hydrogens is 368 g/mol. The Morgan fingerprint density at radius 1 is 1.07 bits per heavy atom. The Labute approximate surface area is 175 Å². The van der Waals surface area contributed by atoms with Gasteiger partial charge in [0, 0.05) is 38.3 Å². The molecule has 0 saturated carbocycles. The first-order chi connectivity index (χ1) is 14.2. The molecule has 1 aromatic rings. The molecule has 7 nitrogen and oxygen atoms in total. The highest BCUT2D eigenvalue weighted by atomic mass is 16.5. The number of methoxy groups -OCH3 is 3. The topological polar surface area (TPSA) is 67.4 Å². The number of rotatable bonds is 10. The SMILES string of the molecule is CCC1CCCCN1CCNC(=NC)NCCc1ccc(OC)c(OC)c1OC. The molecule has 1 aromatic carbocycles. The summed E-state index contributed by atoms with van der Waals surface area (Å²) >= 11 is 0. The number of guanidine groups is 1. The smallest absolute Gasteiger partial charge is 0.203 e. The van der Waals surface area contributed by atoms with Crippen LogP contribution >= 0.6 is 0 Å². The molecule has 0 bridgehead atoms. The summed E-state index contributed by atoms with van der Waals surface area (Å²) in [6.07, 6.45) is 6.03. The maximum Gasteiger partial charge on any atom is 0.203 e. The summed E-state index contributed by atoms with van der Waals surface area (Å²) in [5.74, 6) is 2.84. The largest absolute Gasteiger partial charge is 0.493 e. The summed E-state index contributed by atoms with van der Waals surface area (Å²) in [5, 5.41) is 6.83. The number of nitrogens with one attached hydrogen (secondary N) is 2. The van der Waals surface area contributed by atoms with Crippen molar-refractivity contribution in [2.24, 2.45) is 4.99 Å². The molecule has 0 amide bonds. The lowest BCUT2D eigenvalue weighted by atomic mass is 10.0. The number of ether oxygens (including phenoxy) is 3. The highest BCUT2D eigenvalue weighted by molar-refractivity contribution is 5.79. The first-order valence-electron chi connectivity index (χ1n) is 10.6. The van der Waals surface area contributed by atoms with Crippen molar-refractivity contribution in [3.05, 3.63) is 17.7 Å². The summed E-state index contributed by atoms with van der Waals surface area (Å²) < 4.78 is 16.4. The van der Waals surface area contributed by atoms with Crippen LogP contribution < -0.4 is 24.8 Å². The van der Waals surface area contributed by atoms with E-state index in [4.69, 9.17) is 14.2 Å². The molecule has 2 N–H and O–H groups in total. The van der Waals surface area contributed by atoms with E-state index in [0.29, 0.717) is 17.2 Å². The third-order valence-electron chi connectivity index (χ3n) is 5.61. The van der Waals surface area contributed by atoms with Crippen molar-refractivity contribution in [3.63, 3.8) is 0 Å². The summed E-state index contributed by atoms with van der Waals surface area (Å²) in [5.41, 5.74) is 1.06. The van der Waals surface area contributed by atoms with Crippen LogP contribution in [0.5, 0.6) is 17.2 Å². The number of hydrogen-bond acceptors (Lipinski definition) is 5. The van der Waals surface area contributed by atoms with E-state index in [1.165, 1.54) is 32.2 Å². The normalized spacial score (nSPS) is 17.7. The second-order valence-corrected chi connectivity index (χ2v) is 7.26. The van der Waals surface area contributed by atoms with Crippen LogP contribution in [0, 0.1) is 0 Å². The van der Waals surface area contributed by atoms with Crippen LogP contribution in [0.15, 0.2) is 17.1 Å². The maximum atomic E-state index is 5.56. The first-order valence-corrected chi connectivity index (χ1v) is 10.6. The van der Waals surface area contributed by atoms with Crippen molar-refractivity contribution in [2.45, 2.75) is 45.1 Å². The number of hydrogen-bond donors (Lipinski definition) is 2. The molecule has 164 valence electrons. The van der Waals surface area contributed by atoms with Gasteiger partial charge in [-0.25, -0.2) is 0 Å². The fourth-order valence-electron chi connectivity index (χ4n) is 4.03. The van der Waals surface area contributed by atoms with Gasteiger partial charge in [0.2, 0.25) is 5.75 Å². The molecule has 1 aliphatic rings. The summed E-state index contributed by atoms with van der Waals surface area (Å²) in [4.78, 5) is 6.95. The Morgan fingerprint density at radius 2 is 1.83 bits per heavy atom. The molecule has 1 aliphatic heterocycles. The molecule has 1 unspecified atom stereocenters. The number of benzene rings is 1. The minimum atomic E-state index is 0.627. The van der Waals surface area contributed by atoms with Crippen LogP contribution in [0.1, 0.15) is 38.2 Å². The van der Waals surface area contributed by atoms with Crippen molar-refractivity contribution in [2.75, 3.05) is 54.6 Å². The van der Waals surface area contributed by atoms with Gasteiger partial charge < -0.3 is 24.8 Å². The van der Waals surface area contributed by atoms with Gasteiger partial charge in [0.05, 0.1) is 21.3 Å². The lowest BCUT2D eigenvalue weighted by molar-refractivity contribution is 0.147. The molecule has 1 atom stereocenters. The zero-order chi connectivity index (χ0) is 21.1. The van der Waals surface area contributed by atoms with Gasteiger partial charge in [0.1, 0.15) is 0 Å². The van der Waals surface area contributed by atoms with Gasteiger partial charge in [0.25, 0.3) is 0 Å². The first kappa shape index (κ1) is 23.1. The minimum absolute atomic E-state index is 0.627. The van der Waals surface area contributed by atoms with Gasteiger partial charge >= 0.3 is 0 Å². The Bertz CT molecular complexity index is 651. The molecule has 1 heterocycles. The molecular formula is C22H38N4O3. The summed E-state index contributed by atoms with van der Waals surface area (Å²) in [7, 11) is 6.71. The van der Waals surface area contributed by atoms with E-state index >= 15 is 0 Å². The van der Waals surface area contributed by atoms with Crippen LogP contribution in [-0.2, 0) is 6.42 Å². The number of likely N-dealkylation sites (tertiary alicyclic amines) is 1. The highest BCUT2D eigenvalue weighted by Crippen LogP contribution is 2.39. The van der Waals surface area contributed by atoms with Crippen LogP contribution in [0.4, 0.5) is 0 Å². The van der Waals surface area contributed by atoms with Crippen LogP contribution in [0.25, 0.3) is 0 Å². The molecule has 7 heteroatoms. The van der Waals surface area contributed by atoms with E-state index in [-0.39, 0.29) is 0 Å². The van der Waals surface area contributed by atoms with Gasteiger partial charge in [-0.2, -0.15) is 0 Å². The lowest BCUT2D eigenvalue weighted by Crippen LogP contribution is -2.46. The van der Waals surface area contributed by atoms with E-state index in [2.05, 4.69) is 27.4 Å². The zero-order valence-corrected chi connectivity index (χ0v) is 18.7. The van der Waals surface area contributed by atoms with E-state index in [1.807, 2.05) is 19.2 Å². The minimum Gasteiger partial charge on any atom is -0.493 e. The zero-order valence-electron chi connectivity index (χ0n) is 18.7. The second kappa shape index (κ2) is 12.4. The molecule has 1 saturated heterocycles. The molecule has 0 aromatic heterocycles. The van der Waals surface area contributed by atoms with Gasteiger partial charge in [-0.1, -0.05) is 19.4 Å². The Kier molecular flexibility index (Phi) is 9.91. The van der Waals surface area contributed by atoms with E-state index in [1.54, 1.807) is 21.3 Å². The highest BCUT2D eigenvalue weighted by Gasteiger charge is 2.20. The van der Waals surface area contributed by atoms with Crippen LogP contribution in [-0.4, -0.2) is 71.5 Å². The van der Waals surface area contributed by atoms with Crippen molar-refractivity contribution < 1.29 is 14.2 Å². The third kappa shape index (κ3) is 6.42. The molecule has 0 spiro atoms. The molecule has 29 heavy (non-hydrogen) atoms. The van der Waals surface area contributed by atoms with Crippen molar-refractivity contribution in [1.82, 2.24) is 15.5 Å². The predicted octanol–water partition coefficient (Wildman–Crippen LogP) is 2.68.